The van der Waals surface area contributed by atoms with E-state index in [0.717, 1.165) is 34.2 Å². The zero-order valence-corrected chi connectivity index (χ0v) is 10.2. The van der Waals surface area contributed by atoms with Crippen LogP contribution in [-0.2, 0) is 6.42 Å². The van der Waals surface area contributed by atoms with Crippen molar-refractivity contribution in [2.24, 2.45) is 5.73 Å². The second-order valence-electron chi connectivity index (χ2n) is 4.53. The molecule has 0 amide bonds. The molecule has 0 bridgehead atoms. The Labute approximate surface area is 105 Å². The maximum atomic E-state index is 9.57. The third-order valence-corrected chi connectivity index (χ3v) is 3.19. The number of phenols is 1. The van der Waals surface area contributed by atoms with E-state index in [1.807, 2.05) is 29.7 Å². The lowest BCUT2D eigenvalue weighted by atomic mass is 10.1. The number of aromatic nitrogens is 2. The zero-order valence-electron chi connectivity index (χ0n) is 10.2. The van der Waals surface area contributed by atoms with Crippen LogP contribution in [-0.4, -0.2) is 21.0 Å². The third-order valence-electron chi connectivity index (χ3n) is 3.19. The molecule has 2 aromatic heterocycles. The number of pyridine rings is 1. The van der Waals surface area contributed by atoms with Crippen LogP contribution in [0.15, 0.2) is 30.5 Å². The Hall–Kier alpha value is -2.07. The van der Waals surface area contributed by atoms with Gasteiger partial charge in [-0.25, -0.2) is 4.98 Å². The van der Waals surface area contributed by atoms with E-state index in [4.69, 9.17) is 5.73 Å². The van der Waals surface area contributed by atoms with E-state index < -0.39 is 0 Å². The molecule has 0 atom stereocenters. The first-order valence-corrected chi connectivity index (χ1v) is 5.99. The molecule has 0 aliphatic carbocycles. The molecular weight excluding hydrogens is 226 g/mol. The highest BCUT2D eigenvalue weighted by molar-refractivity contribution is 5.86. The summed E-state index contributed by atoms with van der Waals surface area (Å²) in [7, 11) is 0. The molecule has 0 fully saturated rings. The van der Waals surface area contributed by atoms with Gasteiger partial charge in [-0.3, -0.25) is 4.40 Å². The van der Waals surface area contributed by atoms with Crippen molar-refractivity contribution in [1.29, 1.82) is 0 Å². The monoisotopic (exact) mass is 241 g/mol. The predicted molar refractivity (Wildman–Crippen MR) is 71.9 cm³/mol. The Kier molecular flexibility index (Phi) is 2.45. The van der Waals surface area contributed by atoms with Crippen LogP contribution >= 0.6 is 0 Å². The predicted octanol–water partition coefficient (Wildman–Crippen LogP) is 2.00. The quantitative estimate of drug-likeness (QED) is 0.721. The van der Waals surface area contributed by atoms with E-state index in [1.54, 1.807) is 12.1 Å². The van der Waals surface area contributed by atoms with Gasteiger partial charge in [-0.2, -0.15) is 0 Å². The third kappa shape index (κ3) is 1.62. The zero-order chi connectivity index (χ0) is 12.7. The van der Waals surface area contributed by atoms with Crippen LogP contribution in [0.4, 0.5) is 0 Å². The highest BCUT2D eigenvalue weighted by Crippen LogP contribution is 2.25. The van der Waals surface area contributed by atoms with Crippen molar-refractivity contribution in [2.45, 2.75) is 13.3 Å². The first-order chi connectivity index (χ1) is 8.69. The van der Waals surface area contributed by atoms with Crippen LogP contribution in [0.2, 0.25) is 0 Å². The summed E-state index contributed by atoms with van der Waals surface area (Å²) in [6.45, 7) is 2.63. The van der Waals surface area contributed by atoms with E-state index >= 15 is 0 Å². The molecule has 92 valence electrons. The van der Waals surface area contributed by atoms with Gasteiger partial charge in [0.05, 0.1) is 11.2 Å². The summed E-state index contributed by atoms with van der Waals surface area (Å²) >= 11 is 0. The topological polar surface area (TPSA) is 63.5 Å². The summed E-state index contributed by atoms with van der Waals surface area (Å²) in [5.74, 6) is 0.284. The van der Waals surface area contributed by atoms with E-state index in [1.165, 1.54) is 0 Å². The molecule has 3 rings (SSSR count). The van der Waals surface area contributed by atoms with Crippen molar-refractivity contribution in [3.05, 3.63) is 41.7 Å². The number of hydrogen-bond donors (Lipinski definition) is 2. The molecule has 4 heteroatoms. The lowest BCUT2D eigenvalue weighted by Crippen LogP contribution is -2.02. The molecule has 1 aromatic carbocycles. The van der Waals surface area contributed by atoms with Gasteiger partial charge in [0, 0.05) is 18.0 Å². The Bertz CT molecular complexity index is 731. The smallest absolute Gasteiger partial charge is 0.137 e. The largest absolute Gasteiger partial charge is 0.508 e. The van der Waals surface area contributed by atoms with Crippen LogP contribution in [0.3, 0.4) is 0 Å². The first-order valence-electron chi connectivity index (χ1n) is 5.99. The molecule has 3 N–H and O–H groups in total. The van der Waals surface area contributed by atoms with Gasteiger partial charge in [0.2, 0.25) is 0 Å². The molecule has 0 saturated heterocycles. The van der Waals surface area contributed by atoms with E-state index in [-0.39, 0.29) is 5.75 Å². The van der Waals surface area contributed by atoms with Gasteiger partial charge in [-0.1, -0.05) is 0 Å². The summed E-state index contributed by atoms with van der Waals surface area (Å²) in [5.41, 5.74) is 9.65. The Balaban J connectivity index is 2.37. The van der Waals surface area contributed by atoms with Gasteiger partial charge in [0.1, 0.15) is 11.4 Å². The minimum atomic E-state index is 0.284. The highest BCUT2D eigenvalue weighted by atomic mass is 16.3. The molecule has 2 heterocycles. The number of aromatic hydroxyl groups is 1. The Morgan fingerprint density at radius 1 is 1.33 bits per heavy atom. The maximum Gasteiger partial charge on any atom is 0.137 e. The van der Waals surface area contributed by atoms with Crippen molar-refractivity contribution < 1.29 is 5.11 Å². The van der Waals surface area contributed by atoms with Crippen LogP contribution < -0.4 is 5.73 Å². The number of benzene rings is 1. The first kappa shape index (κ1) is 11.0. The SMILES string of the molecule is Cc1cc2nc(CCN)cn2c2ccc(O)cc12. The van der Waals surface area contributed by atoms with Gasteiger partial charge in [0.25, 0.3) is 0 Å². The van der Waals surface area contributed by atoms with E-state index in [9.17, 15) is 5.11 Å². The number of aryl methyl sites for hydroxylation is 1. The number of phenolic OH excluding ortho intramolecular Hbond substituents is 1. The van der Waals surface area contributed by atoms with Gasteiger partial charge < -0.3 is 10.8 Å². The fourth-order valence-electron chi connectivity index (χ4n) is 2.33. The van der Waals surface area contributed by atoms with Gasteiger partial charge in [-0.05, 0) is 43.3 Å². The average molecular weight is 241 g/mol. The number of nitrogens with two attached hydrogens (primary N) is 1. The maximum absolute atomic E-state index is 9.57. The van der Waals surface area contributed by atoms with Crippen LogP contribution in [0.1, 0.15) is 11.3 Å². The molecular formula is C14H15N3O. The van der Waals surface area contributed by atoms with Crippen molar-refractivity contribution >= 4 is 16.6 Å². The fourth-order valence-corrected chi connectivity index (χ4v) is 2.33. The summed E-state index contributed by atoms with van der Waals surface area (Å²) in [6, 6.07) is 7.43. The number of rotatable bonds is 2. The van der Waals surface area contributed by atoms with E-state index in [2.05, 4.69) is 4.98 Å². The van der Waals surface area contributed by atoms with Crippen LogP contribution in [0.5, 0.6) is 5.75 Å². The molecule has 18 heavy (non-hydrogen) atoms. The normalized spacial score (nSPS) is 11.4. The van der Waals surface area contributed by atoms with Crippen LogP contribution in [0.25, 0.3) is 16.6 Å². The van der Waals surface area contributed by atoms with Crippen molar-refractivity contribution in [3.63, 3.8) is 0 Å². The molecule has 0 radical (unpaired) electrons. The number of fused-ring (bicyclic) bond motifs is 3. The van der Waals surface area contributed by atoms with Gasteiger partial charge >= 0.3 is 0 Å². The lowest BCUT2D eigenvalue weighted by molar-refractivity contribution is 0.476. The minimum Gasteiger partial charge on any atom is -0.508 e. The number of imidazole rings is 1. The number of hydrogen-bond acceptors (Lipinski definition) is 3. The standard InChI is InChI=1S/C14H15N3O/c1-9-6-14-16-10(4-5-15)8-17(14)13-3-2-11(18)7-12(9)13/h2-3,6-8,18H,4-5,15H2,1H3. The van der Waals surface area contributed by atoms with Gasteiger partial charge in [0.15, 0.2) is 0 Å². The van der Waals surface area contributed by atoms with Crippen LogP contribution in [0, 0.1) is 6.92 Å². The summed E-state index contributed by atoms with van der Waals surface area (Å²) in [5, 5.41) is 10.6. The second kappa shape index (κ2) is 3.99. The molecule has 0 spiro atoms. The van der Waals surface area contributed by atoms with Crippen molar-refractivity contribution in [1.82, 2.24) is 9.38 Å². The summed E-state index contributed by atoms with van der Waals surface area (Å²) in [6.07, 6.45) is 2.79. The van der Waals surface area contributed by atoms with Gasteiger partial charge in [-0.15, -0.1) is 0 Å². The average Bonchev–Trinajstić information content (AvgIpc) is 2.72. The Morgan fingerprint density at radius 2 is 2.17 bits per heavy atom. The highest BCUT2D eigenvalue weighted by Gasteiger charge is 2.07. The van der Waals surface area contributed by atoms with E-state index in [0.29, 0.717) is 6.54 Å². The Morgan fingerprint density at radius 3 is 2.94 bits per heavy atom. The summed E-state index contributed by atoms with van der Waals surface area (Å²) < 4.78 is 2.05. The van der Waals surface area contributed by atoms with Crippen molar-refractivity contribution in [2.75, 3.05) is 6.54 Å². The molecule has 0 aliphatic rings. The number of nitrogens with zero attached hydrogens (tertiary/aromatic N) is 2. The lowest BCUT2D eigenvalue weighted by Gasteiger charge is -2.05. The van der Waals surface area contributed by atoms with Crippen molar-refractivity contribution in [3.8, 4) is 5.75 Å². The molecule has 4 nitrogen and oxygen atoms in total. The fraction of sp³-hybridized carbons (Fsp3) is 0.214. The second-order valence-corrected chi connectivity index (χ2v) is 4.53. The molecule has 0 saturated carbocycles. The minimum absolute atomic E-state index is 0.284. The molecule has 0 unspecified atom stereocenters. The summed E-state index contributed by atoms with van der Waals surface area (Å²) in [4.78, 5) is 4.56. The molecule has 3 aromatic rings. The molecule has 0 aliphatic heterocycles.